The van der Waals surface area contributed by atoms with Crippen molar-refractivity contribution < 1.29 is 9.53 Å². The predicted molar refractivity (Wildman–Crippen MR) is 120 cm³/mol. The lowest BCUT2D eigenvalue weighted by Crippen LogP contribution is -2.31. The number of allylic oxidation sites excluding steroid dienone is 2. The Kier molecular flexibility index (Phi) is 5.09. The van der Waals surface area contributed by atoms with Crippen LogP contribution in [0.5, 0.6) is 0 Å². The Morgan fingerprint density at radius 3 is 2.84 bits per heavy atom. The number of pyridine rings is 1. The number of nitrogens with zero attached hydrogens (tertiary/aromatic N) is 4. The van der Waals surface area contributed by atoms with Crippen molar-refractivity contribution in [1.29, 1.82) is 5.26 Å². The molecule has 31 heavy (non-hydrogen) atoms. The average Bonchev–Trinajstić information content (AvgIpc) is 3.36. The molecule has 4 rings (SSSR count). The number of thiazole rings is 1. The van der Waals surface area contributed by atoms with Crippen LogP contribution in [0.15, 0.2) is 47.1 Å². The van der Waals surface area contributed by atoms with Gasteiger partial charge in [-0.3, -0.25) is 9.89 Å². The summed E-state index contributed by atoms with van der Waals surface area (Å²) in [5.41, 5.74) is 1.53. The molecule has 0 saturated carbocycles. The number of amides is 1. The Hall–Kier alpha value is -3.90. The number of H-pyrrole nitrogens is 1. The minimum absolute atomic E-state index is 0.00832. The summed E-state index contributed by atoms with van der Waals surface area (Å²) in [4.78, 5) is 32.0. The number of carbonyl (C=O) groups excluding carboxylic acids is 1. The van der Waals surface area contributed by atoms with Gasteiger partial charge in [-0.2, -0.15) is 5.26 Å². The molecule has 0 aliphatic heterocycles. The van der Waals surface area contributed by atoms with Gasteiger partial charge >= 0.3 is 6.09 Å². The maximum Gasteiger partial charge on any atom is 0.425 e. The summed E-state index contributed by atoms with van der Waals surface area (Å²) in [6, 6.07) is 9.01. The van der Waals surface area contributed by atoms with Crippen LogP contribution in [0.1, 0.15) is 30.0 Å². The van der Waals surface area contributed by atoms with Crippen molar-refractivity contribution in [2.24, 2.45) is 0 Å². The fraction of sp³-hybridized carbons (Fsp3) is 0.182. The third-order valence-corrected chi connectivity index (χ3v) is 5.89. The van der Waals surface area contributed by atoms with Gasteiger partial charge in [0.25, 0.3) is 0 Å². The number of benzene rings is 1. The maximum absolute atomic E-state index is 13.3. The zero-order valence-corrected chi connectivity index (χ0v) is 18.2. The number of anilines is 2. The van der Waals surface area contributed by atoms with Gasteiger partial charge in [-0.1, -0.05) is 0 Å². The molecule has 0 atom stereocenters. The molecular formula is C22H19N5O3S. The van der Waals surface area contributed by atoms with Crippen molar-refractivity contribution in [3.8, 4) is 6.07 Å². The largest absolute Gasteiger partial charge is 0.425 e. The molecule has 3 heterocycles. The van der Waals surface area contributed by atoms with E-state index < -0.39 is 11.5 Å². The first-order valence-electron chi connectivity index (χ1n) is 9.50. The van der Waals surface area contributed by atoms with Crippen LogP contribution in [0, 0.1) is 25.2 Å². The number of ether oxygens (including phenoxy) is 1. The Bertz CT molecular complexity index is 1470. The van der Waals surface area contributed by atoms with Crippen molar-refractivity contribution in [2.75, 3.05) is 4.90 Å². The molecular weight excluding hydrogens is 414 g/mol. The molecule has 0 aliphatic carbocycles. The summed E-state index contributed by atoms with van der Waals surface area (Å²) in [6.45, 7) is 6.94. The highest BCUT2D eigenvalue weighted by Gasteiger charge is 2.28. The van der Waals surface area contributed by atoms with E-state index in [0.717, 1.165) is 15.2 Å². The van der Waals surface area contributed by atoms with Gasteiger partial charge in [0.1, 0.15) is 23.2 Å². The zero-order valence-electron chi connectivity index (χ0n) is 17.4. The topological polar surface area (TPSA) is 103 Å². The molecule has 3 aromatic heterocycles. The monoisotopic (exact) mass is 433 g/mol. The number of aryl methyl sites for hydroxylation is 1. The first-order valence-corrected chi connectivity index (χ1v) is 10.3. The van der Waals surface area contributed by atoms with Gasteiger partial charge < -0.3 is 4.74 Å². The second kappa shape index (κ2) is 7.74. The Morgan fingerprint density at radius 1 is 1.35 bits per heavy atom. The zero-order chi connectivity index (χ0) is 22.3. The number of rotatable bonds is 3. The lowest BCUT2D eigenvalue weighted by molar-refractivity contribution is 0.186. The summed E-state index contributed by atoms with van der Waals surface area (Å²) in [5.74, 6) is 0.699. The second-order valence-corrected chi connectivity index (χ2v) is 8.17. The fourth-order valence-electron chi connectivity index (χ4n) is 3.38. The van der Waals surface area contributed by atoms with E-state index in [1.165, 1.54) is 16.2 Å². The molecule has 0 saturated heterocycles. The number of carbonyl (C=O) groups is 1. The molecule has 8 nitrogen and oxygen atoms in total. The summed E-state index contributed by atoms with van der Waals surface area (Å²) in [5, 5.41) is 13.4. The molecule has 0 radical (unpaired) electrons. The van der Waals surface area contributed by atoms with Crippen molar-refractivity contribution in [3.63, 3.8) is 0 Å². The third-order valence-electron chi connectivity index (χ3n) is 4.95. The number of nitriles is 1. The van der Waals surface area contributed by atoms with Crippen LogP contribution in [0.25, 0.3) is 15.7 Å². The summed E-state index contributed by atoms with van der Waals surface area (Å²) >= 11 is 1.51. The number of aromatic nitrogens is 3. The van der Waals surface area contributed by atoms with Crippen LogP contribution >= 0.6 is 11.3 Å². The van der Waals surface area contributed by atoms with Crippen molar-refractivity contribution in [2.45, 2.75) is 27.7 Å². The van der Waals surface area contributed by atoms with E-state index in [9.17, 15) is 14.9 Å². The van der Waals surface area contributed by atoms with Crippen LogP contribution in [0.4, 0.5) is 16.3 Å². The second-order valence-electron chi connectivity index (χ2n) is 6.94. The molecule has 4 aromatic rings. The van der Waals surface area contributed by atoms with Crippen molar-refractivity contribution in [1.82, 2.24) is 14.6 Å². The number of aromatic amines is 1. The molecule has 1 amide bonds. The van der Waals surface area contributed by atoms with Crippen LogP contribution in [-0.4, -0.2) is 20.7 Å². The number of nitrogens with one attached hydrogen (secondary N) is 1. The van der Waals surface area contributed by atoms with E-state index in [2.05, 4.69) is 10.1 Å². The van der Waals surface area contributed by atoms with Crippen LogP contribution < -0.4 is 10.3 Å². The molecule has 156 valence electrons. The van der Waals surface area contributed by atoms with Gasteiger partial charge in [-0.25, -0.2) is 19.2 Å². The summed E-state index contributed by atoms with van der Waals surface area (Å²) < 4.78 is 7.95. The molecule has 1 N–H and O–H groups in total. The Labute approximate surface area is 181 Å². The van der Waals surface area contributed by atoms with E-state index in [0.29, 0.717) is 17.0 Å². The highest BCUT2D eigenvalue weighted by atomic mass is 32.1. The Morgan fingerprint density at radius 2 is 2.13 bits per heavy atom. The number of hydrogen-bond donors (Lipinski definition) is 1. The molecule has 0 spiro atoms. The molecule has 0 bridgehead atoms. The molecule has 0 aliphatic rings. The van der Waals surface area contributed by atoms with Crippen molar-refractivity contribution in [3.05, 3.63) is 68.7 Å². The quantitative estimate of drug-likeness (QED) is 0.462. The molecule has 1 aromatic carbocycles. The summed E-state index contributed by atoms with van der Waals surface area (Å²) in [6.07, 6.45) is 2.61. The Balaban J connectivity index is 2.03. The van der Waals surface area contributed by atoms with Gasteiger partial charge in [0.05, 0.1) is 26.4 Å². The van der Waals surface area contributed by atoms with E-state index in [-0.39, 0.29) is 16.9 Å². The maximum atomic E-state index is 13.3. The first kappa shape index (κ1) is 20.4. The summed E-state index contributed by atoms with van der Waals surface area (Å²) in [7, 11) is 0. The van der Waals surface area contributed by atoms with Crippen LogP contribution in [0.2, 0.25) is 0 Å². The van der Waals surface area contributed by atoms with E-state index in [1.54, 1.807) is 49.7 Å². The van der Waals surface area contributed by atoms with Gasteiger partial charge in [-0.15, -0.1) is 11.3 Å². The standard InChI is InChI=1S/C22H19N5O3S/c1-5-12(2)30-22(29)26(15-6-7-17-19(10-15)31-14(4)25-17)21-13(3)20(28)16(11-23)18-8-9-24-27(18)21/h5-10,24H,1-4H3/b12-5+. The van der Waals surface area contributed by atoms with Gasteiger partial charge in [-0.05, 0) is 58.0 Å². The fourth-order valence-corrected chi connectivity index (χ4v) is 4.24. The normalized spacial score (nSPS) is 11.6. The minimum Gasteiger partial charge on any atom is -0.415 e. The number of fused-ring (bicyclic) bond motifs is 2. The van der Waals surface area contributed by atoms with Crippen molar-refractivity contribution >= 4 is 44.7 Å². The SMILES string of the molecule is C/C=C(\C)OC(=O)N(c1ccc2nc(C)sc2c1)c1c(C)c(=O)c(C#N)c2cc[nH]n12. The van der Waals surface area contributed by atoms with Gasteiger partial charge in [0.15, 0.2) is 0 Å². The van der Waals surface area contributed by atoms with Crippen LogP contribution in [-0.2, 0) is 4.74 Å². The van der Waals surface area contributed by atoms with E-state index in [4.69, 9.17) is 4.74 Å². The third kappa shape index (κ3) is 3.37. The predicted octanol–water partition coefficient (Wildman–Crippen LogP) is 4.92. The van der Waals surface area contributed by atoms with E-state index in [1.807, 2.05) is 25.1 Å². The lowest BCUT2D eigenvalue weighted by atomic mass is 10.1. The lowest BCUT2D eigenvalue weighted by Gasteiger charge is -2.25. The smallest absolute Gasteiger partial charge is 0.415 e. The average molecular weight is 433 g/mol. The highest BCUT2D eigenvalue weighted by Crippen LogP contribution is 2.33. The van der Waals surface area contributed by atoms with Gasteiger partial charge in [0.2, 0.25) is 5.43 Å². The first-order chi connectivity index (χ1) is 14.8. The van der Waals surface area contributed by atoms with Crippen LogP contribution in [0.3, 0.4) is 0 Å². The highest BCUT2D eigenvalue weighted by molar-refractivity contribution is 7.18. The van der Waals surface area contributed by atoms with E-state index >= 15 is 0 Å². The minimum atomic E-state index is -0.674. The van der Waals surface area contributed by atoms with Gasteiger partial charge in [0, 0.05) is 11.8 Å². The number of hydrogen-bond acceptors (Lipinski definition) is 6. The molecule has 9 heteroatoms. The molecule has 0 unspecified atom stereocenters. The molecule has 0 fully saturated rings.